The monoisotopic (exact) mass is 220 g/mol. The van der Waals surface area contributed by atoms with Gasteiger partial charge in [-0.3, -0.25) is 0 Å². The molecule has 0 radical (unpaired) electrons. The van der Waals surface area contributed by atoms with E-state index in [4.69, 9.17) is 0 Å². The first kappa shape index (κ1) is 10.2. The zero-order valence-electron chi connectivity index (χ0n) is 7.68. The molecule has 0 spiro atoms. The highest BCUT2D eigenvalue weighted by Gasteiger charge is 2.32. The topological polar surface area (TPSA) is 16.1 Å². The van der Waals surface area contributed by atoms with Crippen LogP contribution in [0.1, 0.15) is 12.0 Å². The average molecular weight is 220 g/mol. The predicted molar refractivity (Wildman–Crippen MR) is 46.0 cm³/mol. The van der Waals surface area contributed by atoms with Crippen molar-refractivity contribution >= 4 is 5.82 Å². The molecule has 1 aromatic heterocycles. The van der Waals surface area contributed by atoms with Crippen molar-refractivity contribution in [3.05, 3.63) is 23.6 Å². The maximum Gasteiger partial charge on any atom is 0.417 e. The van der Waals surface area contributed by atoms with E-state index in [0.29, 0.717) is 25.4 Å². The molecule has 1 aromatic rings. The standard InChI is InChI=1S/C9H8F4N2/c10-7-4-6(9(11,12)13)5-14-8(7)15-2-1-3-15/h4-5H,1-3H2. The van der Waals surface area contributed by atoms with E-state index in [1.165, 1.54) is 0 Å². The van der Waals surface area contributed by atoms with Crippen molar-refractivity contribution in [2.24, 2.45) is 0 Å². The van der Waals surface area contributed by atoms with Crippen LogP contribution in [-0.2, 0) is 6.18 Å². The lowest BCUT2D eigenvalue weighted by Gasteiger charge is -2.32. The van der Waals surface area contributed by atoms with E-state index < -0.39 is 17.6 Å². The van der Waals surface area contributed by atoms with Gasteiger partial charge >= 0.3 is 6.18 Å². The highest BCUT2D eigenvalue weighted by atomic mass is 19.4. The van der Waals surface area contributed by atoms with Crippen molar-refractivity contribution in [2.45, 2.75) is 12.6 Å². The number of hydrogen-bond donors (Lipinski definition) is 0. The molecular weight excluding hydrogens is 212 g/mol. The summed E-state index contributed by atoms with van der Waals surface area (Å²) in [5, 5.41) is 0. The third-order valence-electron chi connectivity index (χ3n) is 2.30. The fraction of sp³-hybridized carbons (Fsp3) is 0.444. The van der Waals surface area contributed by atoms with Gasteiger partial charge in [0, 0.05) is 19.3 Å². The largest absolute Gasteiger partial charge is 0.417 e. The van der Waals surface area contributed by atoms with Crippen molar-refractivity contribution in [1.29, 1.82) is 0 Å². The molecule has 0 aliphatic carbocycles. The van der Waals surface area contributed by atoms with Crippen molar-refractivity contribution in [1.82, 2.24) is 4.98 Å². The molecule has 1 aliphatic heterocycles. The molecule has 1 fully saturated rings. The van der Waals surface area contributed by atoms with Crippen LogP contribution in [0.5, 0.6) is 0 Å². The van der Waals surface area contributed by atoms with Gasteiger partial charge in [-0.2, -0.15) is 13.2 Å². The summed E-state index contributed by atoms with van der Waals surface area (Å²) < 4.78 is 49.8. The lowest BCUT2D eigenvalue weighted by Crippen LogP contribution is -2.38. The van der Waals surface area contributed by atoms with Crippen molar-refractivity contribution in [3.63, 3.8) is 0 Å². The zero-order chi connectivity index (χ0) is 11.1. The van der Waals surface area contributed by atoms with Gasteiger partial charge in [0.1, 0.15) is 0 Å². The van der Waals surface area contributed by atoms with E-state index in [2.05, 4.69) is 4.98 Å². The SMILES string of the molecule is Fc1cc(C(F)(F)F)cnc1N1CCC1. The number of aromatic nitrogens is 1. The van der Waals surface area contributed by atoms with Crippen molar-refractivity contribution in [2.75, 3.05) is 18.0 Å². The summed E-state index contributed by atoms with van der Waals surface area (Å²) in [4.78, 5) is 5.10. The maximum absolute atomic E-state index is 13.2. The van der Waals surface area contributed by atoms with Crippen molar-refractivity contribution in [3.8, 4) is 0 Å². The van der Waals surface area contributed by atoms with Crippen LogP contribution in [0.3, 0.4) is 0 Å². The number of rotatable bonds is 1. The first-order valence-electron chi connectivity index (χ1n) is 4.46. The van der Waals surface area contributed by atoms with Gasteiger partial charge in [0.05, 0.1) is 5.56 Å². The van der Waals surface area contributed by atoms with Crippen LogP contribution in [0.4, 0.5) is 23.4 Å². The molecule has 0 amide bonds. The highest BCUT2D eigenvalue weighted by Crippen LogP contribution is 2.31. The summed E-state index contributed by atoms with van der Waals surface area (Å²) in [5.74, 6) is -0.904. The summed E-state index contributed by atoms with van der Waals surface area (Å²) in [5.41, 5.74) is -1.05. The number of pyridine rings is 1. The van der Waals surface area contributed by atoms with E-state index in [1.54, 1.807) is 4.90 Å². The molecule has 0 saturated carbocycles. The van der Waals surface area contributed by atoms with E-state index in [9.17, 15) is 17.6 Å². The molecule has 2 nitrogen and oxygen atoms in total. The zero-order valence-corrected chi connectivity index (χ0v) is 7.68. The molecular formula is C9H8F4N2. The third-order valence-corrected chi connectivity index (χ3v) is 2.30. The lowest BCUT2D eigenvalue weighted by atomic mass is 10.2. The summed E-state index contributed by atoms with van der Waals surface area (Å²) in [7, 11) is 0. The van der Waals surface area contributed by atoms with Crippen LogP contribution >= 0.6 is 0 Å². The molecule has 1 saturated heterocycles. The Bertz CT molecular complexity index is 371. The Morgan fingerprint density at radius 1 is 1.27 bits per heavy atom. The van der Waals surface area contributed by atoms with Gasteiger partial charge in [0.15, 0.2) is 11.6 Å². The quantitative estimate of drug-likeness (QED) is 0.676. The van der Waals surface area contributed by atoms with Crippen LogP contribution in [0.15, 0.2) is 12.3 Å². The van der Waals surface area contributed by atoms with Gasteiger partial charge in [0.25, 0.3) is 0 Å². The molecule has 82 valence electrons. The Kier molecular flexibility index (Phi) is 2.28. The second-order valence-corrected chi connectivity index (χ2v) is 3.37. The molecule has 0 atom stereocenters. The molecule has 0 N–H and O–H groups in total. The van der Waals surface area contributed by atoms with Gasteiger partial charge < -0.3 is 4.90 Å². The maximum atomic E-state index is 13.2. The van der Waals surface area contributed by atoms with Crippen LogP contribution < -0.4 is 4.90 Å². The van der Waals surface area contributed by atoms with Crippen LogP contribution in [0, 0.1) is 5.82 Å². The number of halogens is 4. The second-order valence-electron chi connectivity index (χ2n) is 3.37. The summed E-state index contributed by atoms with van der Waals surface area (Å²) in [6.45, 7) is 1.30. The molecule has 0 bridgehead atoms. The minimum atomic E-state index is -4.54. The van der Waals surface area contributed by atoms with Crippen molar-refractivity contribution < 1.29 is 17.6 Å². The average Bonchev–Trinajstić information content (AvgIpc) is 2.03. The molecule has 0 unspecified atom stereocenters. The first-order valence-corrected chi connectivity index (χ1v) is 4.46. The Morgan fingerprint density at radius 2 is 1.93 bits per heavy atom. The molecule has 0 aromatic carbocycles. The summed E-state index contributed by atoms with van der Waals surface area (Å²) in [6, 6.07) is 0.487. The number of nitrogens with zero attached hydrogens (tertiary/aromatic N) is 2. The van der Waals surface area contributed by atoms with E-state index in [1.807, 2.05) is 0 Å². The number of anilines is 1. The van der Waals surface area contributed by atoms with E-state index >= 15 is 0 Å². The van der Waals surface area contributed by atoms with Gasteiger partial charge in [-0.15, -0.1) is 0 Å². The molecule has 1 aliphatic rings. The number of alkyl halides is 3. The molecule has 2 rings (SSSR count). The molecule has 2 heterocycles. The van der Waals surface area contributed by atoms with Crippen LogP contribution in [-0.4, -0.2) is 18.1 Å². The smallest absolute Gasteiger partial charge is 0.354 e. The highest BCUT2D eigenvalue weighted by molar-refractivity contribution is 5.43. The van der Waals surface area contributed by atoms with Crippen LogP contribution in [0.2, 0.25) is 0 Å². The Labute approximate surface area is 83.5 Å². The number of hydrogen-bond acceptors (Lipinski definition) is 2. The van der Waals surface area contributed by atoms with Gasteiger partial charge in [-0.25, -0.2) is 9.37 Å². The first-order chi connectivity index (χ1) is 6.98. The fourth-order valence-corrected chi connectivity index (χ4v) is 1.35. The summed E-state index contributed by atoms with van der Waals surface area (Å²) >= 11 is 0. The Morgan fingerprint density at radius 3 is 2.33 bits per heavy atom. The minimum absolute atomic E-state index is 0.00856. The fourth-order valence-electron chi connectivity index (χ4n) is 1.35. The van der Waals surface area contributed by atoms with Gasteiger partial charge in [-0.1, -0.05) is 0 Å². The Balaban J connectivity index is 2.30. The van der Waals surface area contributed by atoms with E-state index in [0.717, 1.165) is 6.42 Å². The Hall–Kier alpha value is -1.33. The molecule has 6 heteroatoms. The minimum Gasteiger partial charge on any atom is -0.354 e. The lowest BCUT2D eigenvalue weighted by molar-refractivity contribution is -0.138. The second kappa shape index (κ2) is 3.36. The van der Waals surface area contributed by atoms with Gasteiger partial charge in [0.2, 0.25) is 0 Å². The third kappa shape index (κ3) is 1.88. The van der Waals surface area contributed by atoms with Crippen LogP contribution in [0.25, 0.3) is 0 Å². The van der Waals surface area contributed by atoms with Gasteiger partial charge in [-0.05, 0) is 12.5 Å². The predicted octanol–water partition coefficient (Wildman–Crippen LogP) is 2.45. The van der Waals surface area contributed by atoms with E-state index in [-0.39, 0.29) is 5.82 Å². The summed E-state index contributed by atoms with van der Waals surface area (Å²) in [6.07, 6.45) is -2.96. The molecule has 15 heavy (non-hydrogen) atoms. The normalized spacial score (nSPS) is 16.4.